The third kappa shape index (κ3) is 6.80. The lowest BCUT2D eigenvalue weighted by Crippen LogP contribution is -2.28. The van der Waals surface area contributed by atoms with Crippen molar-refractivity contribution in [1.82, 2.24) is 9.88 Å². The normalized spacial score (nSPS) is 17.2. The highest BCUT2D eigenvalue weighted by atomic mass is 19.4. The molecule has 2 N–H and O–H groups in total. The summed E-state index contributed by atoms with van der Waals surface area (Å²) in [5.41, 5.74) is 1.74. The summed E-state index contributed by atoms with van der Waals surface area (Å²) in [4.78, 5) is 30.5. The number of benzene rings is 2. The van der Waals surface area contributed by atoms with Crippen molar-refractivity contribution in [2.45, 2.75) is 51.7 Å². The largest absolute Gasteiger partial charge is 0.457 e. The van der Waals surface area contributed by atoms with Gasteiger partial charge in [-0.05, 0) is 92.2 Å². The number of aryl methyl sites for hydroxylation is 1. The topological polar surface area (TPSA) is 83.6 Å². The van der Waals surface area contributed by atoms with Gasteiger partial charge in [-0.15, -0.1) is 0 Å². The molecule has 7 nitrogen and oxygen atoms in total. The zero-order valence-electron chi connectivity index (χ0n) is 22.2. The number of aromatic nitrogens is 1. The van der Waals surface area contributed by atoms with E-state index in [-0.39, 0.29) is 35.5 Å². The summed E-state index contributed by atoms with van der Waals surface area (Å²) >= 11 is 0. The van der Waals surface area contributed by atoms with E-state index >= 15 is 0 Å². The Hall–Kier alpha value is -3.92. The van der Waals surface area contributed by atoms with E-state index in [4.69, 9.17) is 4.74 Å². The number of ether oxygens (including phenoxy) is 1. The Morgan fingerprint density at radius 3 is 2.52 bits per heavy atom. The first-order valence-corrected chi connectivity index (χ1v) is 13.4. The van der Waals surface area contributed by atoms with E-state index in [9.17, 15) is 22.8 Å². The maximum Gasteiger partial charge on any atom is 0.416 e. The number of carbonyl (C=O) groups is 2. The third-order valence-electron chi connectivity index (χ3n) is 7.32. The molecule has 40 heavy (non-hydrogen) atoms. The third-order valence-corrected chi connectivity index (χ3v) is 7.32. The van der Waals surface area contributed by atoms with E-state index in [2.05, 4.69) is 15.6 Å². The second-order valence-electron chi connectivity index (χ2n) is 10.4. The first kappa shape index (κ1) is 27.6. The molecule has 210 valence electrons. The second kappa shape index (κ2) is 11.7. The Bertz CT molecular complexity index is 1400. The lowest BCUT2D eigenvalue weighted by atomic mass is 9.83. The first-order valence-electron chi connectivity index (χ1n) is 13.4. The molecular weight excluding hydrogens is 521 g/mol. The molecule has 1 atom stereocenters. The molecule has 1 unspecified atom stereocenters. The van der Waals surface area contributed by atoms with E-state index in [1.54, 1.807) is 18.2 Å². The highest BCUT2D eigenvalue weighted by molar-refractivity contribution is 5.93. The Morgan fingerprint density at radius 1 is 1.00 bits per heavy atom. The smallest absolute Gasteiger partial charge is 0.416 e. The minimum absolute atomic E-state index is 0.151. The fraction of sp³-hybridized carbons (Fsp3) is 0.367. The Balaban J connectivity index is 1.26. The number of hydrogen-bond donors (Lipinski definition) is 2. The van der Waals surface area contributed by atoms with Crippen molar-refractivity contribution in [3.63, 3.8) is 0 Å². The number of amides is 2. The van der Waals surface area contributed by atoms with Gasteiger partial charge in [0.1, 0.15) is 17.3 Å². The Morgan fingerprint density at radius 2 is 1.77 bits per heavy atom. The number of rotatable bonds is 7. The first-order chi connectivity index (χ1) is 19.1. The molecule has 0 radical (unpaired) electrons. The van der Waals surface area contributed by atoms with Gasteiger partial charge in [0.05, 0.1) is 5.56 Å². The van der Waals surface area contributed by atoms with E-state index in [1.807, 2.05) is 23.1 Å². The molecule has 2 aliphatic rings. The number of hydrogen-bond acceptors (Lipinski definition) is 5. The molecule has 2 amide bonds. The van der Waals surface area contributed by atoms with Crippen LogP contribution in [0.15, 0.2) is 54.7 Å². The molecule has 1 aromatic heterocycles. The molecule has 1 aliphatic carbocycles. The average Bonchev–Trinajstić information content (AvgIpc) is 3.41. The molecule has 1 aliphatic heterocycles. The van der Waals surface area contributed by atoms with E-state index in [0.717, 1.165) is 43.1 Å². The van der Waals surface area contributed by atoms with Crippen LogP contribution in [0.5, 0.6) is 11.5 Å². The average molecular weight is 553 g/mol. The fourth-order valence-corrected chi connectivity index (χ4v) is 5.36. The molecule has 2 heterocycles. The lowest BCUT2D eigenvalue weighted by Gasteiger charge is -2.25. The van der Waals surface area contributed by atoms with Crippen molar-refractivity contribution in [3.05, 3.63) is 77.0 Å². The summed E-state index contributed by atoms with van der Waals surface area (Å²) in [6, 6.07) is 13.1. The number of alkyl halides is 3. The van der Waals surface area contributed by atoms with Crippen molar-refractivity contribution in [2.24, 2.45) is 5.92 Å². The van der Waals surface area contributed by atoms with E-state index < -0.39 is 11.7 Å². The molecule has 0 saturated carbocycles. The van der Waals surface area contributed by atoms with Gasteiger partial charge in [0.25, 0.3) is 0 Å². The summed E-state index contributed by atoms with van der Waals surface area (Å²) < 4.78 is 47.6. The molecule has 5 rings (SSSR count). The molecule has 10 heteroatoms. The van der Waals surface area contributed by atoms with Crippen LogP contribution in [0.3, 0.4) is 0 Å². The van der Waals surface area contributed by atoms with Crippen molar-refractivity contribution in [1.29, 1.82) is 0 Å². The Labute approximate surface area is 230 Å². The van der Waals surface area contributed by atoms with Crippen LogP contribution in [0, 0.1) is 5.92 Å². The fourth-order valence-electron chi connectivity index (χ4n) is 5.36. The molecule has 2 aromatic carbocycles. The van der Waals surface area contributed by atoms with Crippen LogP contribution in [-0.4, -0.2) is 34.8 Å². The molecule has 0 spiro atoms. The van der Waals surface area contributed by atoms with Crippen LogP contribution in [0.2, 0.25) is 0 Å². The van der Waals surface area contributed by atoms with Gasteiger partial charge in [-0.2, -0.15) is 13.2 Å². The van der Waals surface area contributed by atoms with Crippen LogP contribution >= 0.6 is 0 Å². The number of fused-ring (bicyclic) bond motifs is 1. The van der Waals surface area contributed by atoms with Crippen LogP contribution in [0.25, 0.3) is 0 Å². The van der Waals surface area contributed by atoms with Gasteiger partial charge in [0, 0.05) is 37.3 Å². The maximum atomic E-state index is 13.9. The quantitative estimate of drug-likeness (QED) is 0.365. The van der Waals surface area contributed by atoms with Crippen LogP contribution in [0.4, 0.5) is 24.7 Å². The van der Waals surface area contributed by atoms with Gasteiger partial charge < -0.3 is 15.4 Å². The van der Waals surface area contributed by atoms with Gasteiger partial charge >= 0.3 is 6.18 Å². The number of halogens is 3. The number of pyridine rings is 1. The van der Waals surface area contributed by atoms with Crippen LogP contribution < -0.4 is 15.4 Å². The summed E-state index contributed by atoms with van der Waals surface area (Å²) in [5, 5.41) is 5.34. The van der Waals surface area contributed by atoms with E-state index in [1.165, 1.54) is 19.2 Å². The van der Waals surface area contributed by atoms with Gasteiger partial charge in [-0.1, -0.05) is 12.1 Å². The summed E-state index contributed by atoms with van der Waals surface area (Å²) in [5.74, 6) is 0.522. The minimum atomic E-state index is -4.51. The number of nitrogens with zero attached hydrogens (tertiary/aromatic N) is 2. The number of nitrogens with one attached hydrogen (secondary N) is 2. The molecule has 1 fully saturated rings. The molecule has 1 saturated heterocycles. The predicted octanol–water partition coefficient (Wildman–Crippen LogP) is 6.19. The minimum Gasteiger partial charge on any atom is -0.457 e. The zero-order valence-corrected chi connectivity index (χ0v) is 22.2. The van der Waals surface area contributed by atoms with Gasteiger partial charge in [0.15, 0.2) is 0 Å². The standard InChI is InChI=1S/C30H31F3N4O3/c1-19(38)35-28-17-26(10-11-34-28)40-25-9-7-20-4-5-21(14-23(20)15-25)29(39)36-24-8-6-22(18-37-12-2-3-13-37)27(16-24)30(31,32)33/h6-11,15-17,21H,2-5,12-14,18H2,1H3,(H,36,39)(H,34,35,38). The summed E-state index contributed by atoms with van der Waals surface area (Å²) in [6.07, 6.45) is 0.746. The number of carbonyl (C=O) groups excluding carboxylic acids is 2. The number of anilines is 2. The van der Waals surface area contributed by atoms with Crippen molar-refractivity contribution in [2.75, 3.05) is 23.7 Å². The van der Waals surface area contributed by atoms with Crippen molar-refractivity contribution < 1.29 is 27.5 Å². The summed E-state index contributed by atoms with van der Waals surface area (Å²) in [6.45, 7) is 3.24. The zero-order chi connectivity index (χ0) is 28.3. The highest BCUT2D eigenvalue weighted by Crippen LogP contribution is 2.36. The Kier molecular flexibility index (Phi) is 8.07. The highest BCUT2D eigenvalue weighted by Gasteiger charge is 2.34. The van der Waals surface area contributed by atoms with Gasteiger partial charge in [-0.25, -0.2) is 4.98 Å². The van der Waals surface area contributed by atoms with Gasteiger partial charge in [-0.3, -0.25) is 14.5 Å². The van der Waals surface area contributed by atoms with E-state index in [0.29, 0.717) is 36.6 Å². The number of likely N-dealkylation sites (tertiary alicyclic amines) is 1. The second-order valence-corrected chi connectivity index (χ2v) is 10.4. The SMILES string of the molecule is CC(=O)Nc1cc(Oc2ccc3c(c2)CC(C(=O)Nc2ccc(CN4CCCC4)c(C(F)(F)F)c2)CC3)ccn1. The molecule has 0 bridgehead atoms. The molecular formula is C30H31F3N4O3. The van der Waals surface area contributed by atoms with Crippen LogP contribution in [0.1, 0.15) is 48.4 Å². The molecule has 3 aromatic rings. The monoisotopic (exact) mass is 552 g/mol. The van der Waals surface area contributed by atoms with Gasteiger partial charge in [0.2, 0.25) is 11.8 Å². The predicted molar refractivity (Wildman–Crippen MR) is 145 cm³/mol. The van der Waals surface area contributed by atoms with Crippen LogP contribution in [-0.2, 0) is 35.2 Å². The van der Waals surface area contributed by atoms with Crippen molar-refractivity contribution in [3.8, 4) is 11.5 Å². The lowest BCUT2D eigenvalue weighted by molar-refractivity contribution is -0.138. The van der Waals surface area contributed by atoms with Crippen molar-refractivity contribution >= 4 is 23.3 Å². The maximum absolute atomic E-state index is 13.9. The summed E-state index contributed by atoms with van der Waals surface area (Å²) in [7, 11) is 0.